The van der Waals surface area contributed by atoms with E-state index < -0.39 is 0 Å². The molecule has 0 saturated heterocycles. The minimum Gasteiger partial charge on any atom is -0.512 e. The summed E-state index contributed by atoms with van der Waals surface area (Å²) in [6, 6.07) is 0. The Morgan fingerprint density at radius 1 is 1.58 bits per heavy atom. The molecular formula is C7H10N2O2S. The molecule has 4 nitrogen and oxygen atoms in total. The minimum absolute atomic E-state index is 0.0741. The van der Waals surface area contributed by atoms with Gasteiger partial charge in [0.25, 0.3) is 0 Å². The zero-order valence-electron chi connectivity index (χ0n) is 6.87. The Morgan fingerprint density at radius 2 is 2.08 bits per heavy atom. The molecule has 12 heavy (non-hydrogen) atoms. The van der Waals surface area contributed by atoms with Crippen LogP contribution in [-0.4, -0.2) is 22.2 Å². The lowest BCUT2D eigenvalue weighted by Crippen LogP contribution is -2.07. The number of aliphatic imine (C=N–C) groups is 1. The van der Waals surface area contributed by atoms with Crippen molar-refractivity contribution in [2.24, 2.45) is 10.7 Å². The third-order valence-corrected chi connectivity index (χ3v) is 1.20. The molecule has 0 rings (SSSR count). The molecule has 0 fully saturated rings. The van der Waals surface area contributed by atoms with Crippen molar-refractivity contribution in [3.63, 3.8) is 0 Å². The van der Waals surface area contributed by atoms with Crippen LogP contribution in [-0.2, 0) is 4.79 Å². The first kappa shape index (κ1) is 10.8. The maximum atomic E-state index is 10.8. The molecule has 0 atom stereocenters. The van der Waals surface area contributed by atoms with Crippen molar-refractivity contribution in [2.75, 3.05) is 0 Å². The van der Waals surface area contributed by atoms with Crippen molar-refractivity contribution in [3.05, 3.63) is 11.3 Å². The fourth-order valence-corrected chi connectivity index (χ4v) is 0.620. The van der Waals surface area contributed by atoms with Gasteiger partial charge >= 0.3 is 0 Å². The summed E-state index contributed by atoms with van der Waals surface area (Å²) in [5.74, 6) is -0.377. The predicted molar refractivity (Wildman–Crippen MR) is 51.3 cm³/mol. The highest BCUT2D eigenvalue weighted by molar-refractivity contribution is 7.80. The fourth-order valence-electron chi connectivity index (χ4n) is 0.567. The summed E-state index contributed by atoms with van der Waals surface area (Å²) >= 11 is 4.45. The van der Waals surface area contributed by atoms with E-state index in [1.54, 1.807) is 0 Å². The number of nitrogens with two attached hydrogens (primary N) is 1. The van der Waals surface area contributed by atoms with Crippen LogP contribution in [0.3, 0.4) is 0 Å². The molecule has 0 amide bonds. The van der Waals surface area contributed by atoms with Crippen molar-refractivity contribution in [1.29, 1.82) is 0 Å². The number of ketones is 1. The number of Topliss-reactive ketones (excluding diaryl/α,β-unsaturated/α-hetero) is 1. The van der Waals surface area contributed by atoms with Crippen molar-refractivity contribution in [1.82, 2.24) is 0 Å². The quantitative estimate of drug-likeness (QED) is 0.288. The monoisotopic (exact) mass is 186 g/mol. The van der Waals surface area contributed by atoms with E-state index in [-0.39, 0.29) is 22.2 Å². The normalized spacial score (nSPS) is 12.8. The lowest BCUT2D eigenvalue weighted by atomic mass is 10.2. The summed E-state index contributed by atoms with van der Waals surface area (Å²) in [5, 5.41) is 8.90. The summed E-state index contributed by atoms with van der Waals surface area (Å²) in [4.78, 5) is 14.3. The number of nitrogens with zero attached hydrogens (tertiary/aromatic N) is 1. The van der Waals surface area contributed by atoms with Crippen LogP contribution in [0.4, 0.5) is 0 Å². The van der Waals surface area contributed by atoms with Gasteiger partial charge in [0, 0.05) is 6.21 Å². The standard InChI is InChI=1S/C7H10N2O2S/c1-4(10)6(5(2)11)3-9-7(8)12/h3,10H,1-2H3,(H2,8,12)/b6-4+,9-3-. The smallest absolute Gasteiger partial charge is 0.190 e. The lowest BCUT2D eigenvalue weighted by Gasteiger charge is -1.96. The second-order valence-corrected chi connectivity index (χ2v) is 2.57. The Hall–Kier alpha value is -1.23. The van der Waals surface area contributed by atoms with Gasteiger partial charge in [-0.15, -0.1) is 0 Å². The van der Waals surface area contributed by atoms with E-state index in [1.165, 1.54) is 13.8 Å². The molecule has 0 aliphatic heterocycles. The second-order valence-electron chi connectivity index (χ2n) is 2.15. The molecule has 0 aromatic heterocycles. The fraction of sp³-hybridized carbons (Fsp3) is 0.286. The summed E-state index contributed by atoms with van der Waals surface area (Å²) in [6.07, 6.45) is 1.15. The molecule has 3 N–H and O–H groups in total. The maximum Gasteiger partial charge on any atom is 0.190 e. The molecule has 0 bridgehead atoms. The lowest BCUT2D eigenvalue weighted by molar-refractivity contribution is -0.113. The largest absolute Gasteiger partial charge is 0.512 e. The van der Waals surface area contributed by atoms with Crippen LogP contribution < -0.4 is 5.73 Å². The summed E-state index contributed by atoms with van der Waals surface area (Å²) < 4.78 is 0. The Bertz CT molecular complexity index is 265. The van der Waals surface area contributed by atoms with Gasteiger partial charge in [0.2, 0.25) is 0 Å². The first-order valence-corrected chi connectivity index (χ1v) is 3.60. The van der Waals surface area contributed by atoms with Crippen molar-refractivity contribution in [2.45, 2.75) is 13.8 Å². The van der Waals surface area contributed by atoms with Crippen LogP contribution in [0.15, 0.2) is 16.3 Å². The molecular weight excluding hydrogens is 176 g/mol. The number of rotatable bonds is 2. The van der Waals surface area contributed by atoms with E-state index in [0.717, 1.165) is 6.21 Å². The molecule has 0 heterocycles. The number of allylic oxidation sites excluding steroid dienone is 2. The molecule has 0 aromatic carbocycles. The number of carbonyl (C=O) groups excluding carboxylic acids is 1. The number of thiocarbonyl (C=S) groups is 1. The van der Waals surface area contributed by atoms with E-state index in [2.05, 4.69) is 17.2 Å². The number of carbonyl (C=O) groups is 1. The van der Waals surface area contributed by atoms with Gasteiger partial charge < -0.3 is 10.8 Å². The van der Waals surface area contributed by atoms with E-state index >= 15 is 0 Å². The van der Waals surface area contributed by atoms with Gasteiger partial charge in [-0.1, -0.05) is 0 Å². The van der Waals surface area contributed by atoms with Crippen LogP contribution in [0.5, 0.6) is 0 Å². The second kappa shape index (κ2) is 4.61. The molecule has 5 heteroatoms. The average molecular weight is 186 g/mol. The Kier molecular flexibility index (Phi) is 4.14. The van der Waals surface area contributed by atoms with Gasteiger partial charge in [-0.25, -0.2) is 4.99 Å². The van der Waals surface area contributed by atoms with Crippen molar-refractivity contribution in [3.8, 4) is 0 Å². The van der Waals surface area contributed by atoms with Crippen molar-refractivity contribution >= 4 is 29.3 Å². The summed E-state index contributed by atoms with van der Waals surface area (Å²) in [5.41, 5.74) is 5.17. The Morgan fingerprint density at radius 3 is 2.33 bits per heavy atom. The van der Waals surface area contributed by atoms with Gasteiger partial charge in [0.05, 0.1) is 5.57 Å². The highest BCUT2D eigenvalue weighted by Crippen LogP contribution is 1.98. The van der Waals surface area contributed by atoms with E-state index in [1.807, 2.05) is 0 Å². The van der Waals surface area contributed by atoms with Gasteiger partial charge in [-0.05, 0) is 26.1 Å². The van der Waals surface area contributed by atoms with Gasteiger partial charge in [0.1, 0.15) is 5.76 Å². The third-order valence-electron chi connectivity index (χ3n) is 1.09. The molecule has 66 valence electrons. The molecule has 0 aromatic rings. The Labute approximate surface area is 75.8 Å². The first-order valence-electron chi connectivity index (χ1n) is 3.19. The highest BCUT2D eigenvalue weighted by Gasteiger charge is 2.03. The minimum atomic E-state index is -0.282. The zero-order valence-corrected chi connectivity index (χ0v) is 7.68. The van der Waals surface area contributed by atoms with Crippen LogP contribution in [0, 0.1) is 0 Å². The van der Waals surface area contributed by atoms with E-state index in [4.69, 9.17) is 10.8 Å². The van der Waals surface area contributed by atoms with E-state index in [0.29, 0.717) is 0 Å². The first-order chi connectivity index (χ1) is 5.45. The number of hydrogen-bond acceptors (Lipinski definition) is 3. The zero-order chi connectivity index (χ0) is 9.72. The maximum absolute atomic E-state index is 10.8. The van der Waals surface area contributed by atoms with Crippen LogP contribution in [0.1, 0.15) is 13.8 Å². The third kappa shape index (κ3) is 3.82. The molecule has 0 spiro atoms. The van der Waals surface area contributed by atoms with Crippen LogP contribution in [0.2, 0.25) is 0 Å². The number of aliphatic hydroxyl groups excluding tert-OH is 1. The predicted octanol–water partition coefficient (Wildman–Crippen LogP) is 0.722. The van der Waals surface area contributed by atoms with Gasteiger partial charge in [0.15, 0.2) is 10.9 Å². The van der Waals surface area contributed by atoms with Gasteiger partial charge in [-0.2, -0.15) is 0 Å². The Balaban J connectivity index is 4.70. The summed E-state index contributed by atoms with van der Waals surface area (Å²) in [6.45, 7) is 2.71. The molecule has 0 saturated carbocycles. The van der Waals surface area contributed by atoms with E-state index in [9.17, 15) is 4.79 Å². The summed E-state index contributed by atoms with van der Waals surface area (Å²) in [7, 11) is 0. The molecule has 0 radical (unpaired) electrons. The highest BCUT2D eigenvalue weighted by atomic mass is 32.1. The average Bonchev–Trinajstić information content (AvgIpc) is 1.84. The molecule has 0 unspecified atom stereocenters. The number of aliphatic hydroxyl groups is 1. The van der Waals surface area contributed by atoms with Crippen LogP contribution in [0.25, 0.3) is 0 Å². The SMILES string of the molecule is CC(=O)C(/C=N\C(N)=S)=C(\C)O. The van der Waals surface area contributed by atoms with Gasteiger partial charge in [-0.3, -0.25) is 4.79 Å². The number of hydrogen-bond donors (Lipinski definition) is 2. The molecule has 0 aliphatic carbocycles. The van der Waals surface area contributed by atoms with Crippen LogP contribution >= 0.6 is 12.2 Å². The molecule has 0 aliphatic rings. The van der Waals surface area contributed by atoms with Crippen molar-refractivity contribution < 1.29 is 9.90 Å². The topological polar surface area (TPSA) is 75.7 Å².